The minimum atomic E-state index is -0.334. The van der Waals surface area contributed by atoms with Gasteiger partial charge in [-0.3, -0.25) is 4.90 Å². The number of rotatable bonds is 11. The number of thiophene rings is 1. The molecule has 0 spiro atoms. The van der Waals surface area contributed by atoms with Crippen LogP contribution in [0.5, 0.6) is 17.2 Å². The molecular formula is C32H36N2O4S. The van der Waals surface area contributed by atoms with E-state index >= 15 is 0 Å². The average Bonchev–Trinajstić information content (AvgIpc) is 3.33. The number of aliphatic imine (C=N–C) groups is 1. The lowest BCUT2D eigenvalue weighted by Gasteiger charge is -2.26. The Labute approximate surface area is 234 Å². The van der Waals surface area contributed by atoms with E-state index in [0.29, 0.717) is 19.6 Å². The van der Waals surface area contributed by atoms with Crippen LogP contribution in [0.25, 0.3) is 20.5 Å². The molecule has 7 heteroatoms. The molecule has 4 aromatic rings. The number of hydrogen-bond acceptors (Lipinski definition) is 7. The van der Waals surface area contributed by atoms with Crippen molar-refractivity contribution in [2.75, 3.05) is 39.9 Å². The van der Waals surface area contributed by atoms with Crippen molar-refractivity contribution in [3.8, 4) is 27.7 Å². The van der Waals surface area contributed by atoms with Crippen LogP contribution < -0.4 is 4.74 Å². The minimum absolute atomic E-state index is 0.224. The molecule has 1 saturated heterocycles. The van der Waals surface area contributed by atoms with Crippen molar-refractivity contribution in [2.24, 2.45) is 4.99 Å². The molecule has 1 atom stereocenters. The molecule has 3 aromatic carbocycles. The Bertz CT molecular complexity index is 1380. The number of phenols is 2. The van der Waals surface area contributed by atoms with Gasteiger partial charge in [0.05, 0.1) is 6.61 Å². The van der Waals surface area contributed by atoms with E-state index in [9.17, 15) is 10.2 Å². The smallest absolute Gasteiger partial charge is 0.119 e. The third-order valence-electron chi connectivity index (χ3n) is 7.13. The average molecular weight is 545 g/mol. The Morgan fingerprint density at radius 1 is 0.923 bits per heavy atom. The molecule has 1 unspecified atom stereocenters. The summed E-state index contributed by atoms with van der Waals surface area (Å²) in [6, 6.07) is 20.9. The summed E-state index contributed by atoms with van der Waals surface area (Å²) in [4.78, 5) is 7.63. The van der Waals surface area contributed by atoms with Crippen LogP contribution in [-0.2, 0) is 4.74 Å². The van der Waals surface area contributed by atoms with E-state index in [1.807, 2.05) is 36.5 Å². The first kappa shape index (κ1) is 27.2. The lowest BCUT2D eigenvalue weighted by molar-refractivity contribution is 0.0878. The highest BCUT2D eigenvalue weighted by Gasteiger charge is 2.25. The van der Waals surface area contributed by atoms with Gasteiger partial charge in [0.15, 0.2) is 0 Å². The molecule has 0 radical (unpaired) electrons. The number of piperidine rings is 1. The zero-order valence-electron chi connectivity index (χ0n) is 22.4. The Hall–Kier alpha value is -3.39. The van der Waals surface area contributed by atoms with Crippen LogP contribution in [0.1, 0.15) is 42.9 Å². The van der Waals surface area contributed by atoms with Crippen LogP contribution in [0.2, 0.25) is 0 Å². The first-order valence-corrected chi connectivity index (χ1v) is 14.5. The summed E-state index contributed by atoms with van der Waals surface area (Å²) < 4.78 is 13.6. The number of likely N-dealkylation sites (tertiary alicyclic amines) is 1. The number of phenolic OH excluding ortho intramolecular Hbond substituents is 2. The molecular weight excluding hydrogens is 508 g/mol. The quantitative estimate of drug-likeness (QED) is 0.156. The molecule has 1 aromatic heterocycles. The molecule has 0 aliphatic carbocycles. The fourth-order valence-electron chi connectivity index (χ4n) is 5.12. The first-order valence-electron chi connectivity index (χ1n) is 13.6. The fourth-order valence-corrected chi connectivity index (χ4v) is 6.39. The summed E-state index contributed by atoms with van der Waals surface area (Å²) in [5.74, 6) is 1.31. The van der Waals surface area contributed by atoms with Crippen LogP contribution in [0.4, 0.5) is 0 Å². The van der Waals surface area contributed by atoms with Gasteiger partial charge in [-0.1, -0.05) is 18.6 Å². The molecule has 1 aliphatic rings. The van der Waals surface area contributed by atoms with Crippen molar-refractivity contribution in [1.82, 2.24) is 4.90 Å². The Morgan fingerprint density at radius 2 is 1.67 bits per heavy atom. The zero-order valence-corrected chi connectivity index (χ0v) is 23.2. The molecule has 1 fully saturated rings. The van der Waals surface area contributed by atoms with Crippen LogP contribution in [0, 0.1) is 0 Å². The standard InChI is InChI=1S/C32H36N2O4S/c1-33-16-5-20-38-31(23-8-13-27(14-9-23)37-21-19-34-17-3-2-4-18-34)30-28-15-12-26(36)22-29(28)39-32(30)24-6-10-25(35)11-7-24/h6-16,22,31,35-36H,2-5,17-21H2,1H3. The fraction of sp³-hybridized carbons (Fsp3) is 0.344. The van der Waals surface area contributed by atoms with Crippen LogP contribution in [-0.4, -0.2) is 61.2 Å². The van der Waals surface area contributed by atoms with Crippen LogP contribution in [0.3, 0.4) is 0 Å². The van der Waals surface area contributed by atoms with Crippen molar-refractivity contribution in [2.45, 2.75) is 31.8 Å². The predicted molar refractivity (Wildman–Crippen MR) is 160 cm³/mol. The second-order valence-electron chi connectivity index (χ2n) is 9.87. The summed E-state index contributed by atoms with van der Waals surface area (Å²) in [5, 5.41) is 21.1. The van der Waals surface area contributed by atoms with Crippen molar-refractivity contribution in [3.05, 3.63) is 77.9 Å². The maximum absolute atomic E-state index is 10.2. The summed E-state index contributed by atoms with van der Waals surface area (Å²) >= 11 is 1.61. The lowest BCUT2D eigenvalue weighted by atomic mass is 9.95. The molecule has 2 heterocycles. The molecule has 1 aliphatic heterocycles. The van der Waals surface area contributed by atoms with Gasteiger partial charge in [-0.05, 0) is 97.0 Å². The summed E-state index contributed by atoms with van der Waals surface area (Å²) in [5.41, 5.74) is 3.07. The molecule has 2 N–H and O–H groups in total. The second-order valence-corrected chi connectivity index (χ2v) is 10.9. The Kier molecular flexibility index (Phi) is 9.14. The molecule has 0 amide bonds. The number of fused-ring (bicyclic) bond motifs is 1. The van der Waals surface area contributed by atoms with Gasteiger partial charge in [-0.15, -0.1) is 11.3 Å². The van der Waals surface area contributed by atoms with Gasteiger partial charge in [0, 0.05) is 41.4 Å². The largest absolute Gasteiger partial charge is 0.508 e. The summed E-state index contributed by atoms with van der Waals surface area (Å²) in [7, 11) is 1.77. The van der Waals surface area contributed by atoms with Gasteiger partial charge >= 0.3 is 0 Å². The van der Waals surface area contributed by atoms with Gasteiger partial charge in [0.25, 0.3) is 0 Å². The van der Waals surface area contributed by atoms with Gasteiger partial charge < -0.3 is 24.7 Å². The predicted octanol–water partition coefficient (Wildman–Crippen LogP) is 7.04. The van der Waals surface area contributed by atoms with E-state index in [4.69, 9.17) is 9.47 Å². The number of ether oxygens (including phenoxy) is 2. The molecule has 6 nitrogen and oxygen atoms in total. The molecule has 204 valence electrons. The number of aromatic hydroxyl groups is 2. The number of nitrogens with zero attached hydrogens (tertiary/aromatic N) is 2. The van der Waals surface area contributed by atoms with Crippen LogP contribution >= 0.6 is 11.3 Å². The van der Waals surface area contributed by atoms with Gasteiger partial charge in [-0.2, -0.15) is 0 Å². The van der Waals surface area contributed by atoms with E-state index in [1.54, 1.807) is 42.6 Å². The monoisotopic (exact) mass is 544 g/mol. The lowest BCUT2D eigenvalue weighted by Crippen LogP contribution is -2.33. The van der Waals surface area contributed by atoms with Gasteiger partial charge in [0.1, 0.15) is 30.0 Å². The van der Waals surface area contributed by atoms with Crippen LogP contribution in [0.15, 0.2) is 71.7 Å². The van der Waals surface area contributed by atoms with E-state index in [0.717, 1.165) is 43.9 Å². The van der Waals surface area contributed by atoms with Crippen molar-refractivity contribution in [1.29, 1.82) is 0 Å². The molecule has 0 saturated carbocycles. The highest BCUT2D eigenvalue weighted by atomic mass is 32.1. The third kappa shape index (κ3) is 6.79. The number of benzene rings is 3. The van der Waals surface area contributed by atoms with Crippen molar-refractivity contribution < 1.29 is 19.7 Å². The van der Waals surface area contributed by atoms with E-state index in [1.165, 1.54) is 32.4 Å². The molecule has 5 rings (SSSR count). The second kappa shape index (κ2) is 13.1. The zero-order chi connectivity index (χ0) is 27.0. The third-order valence-corrected chi connectivity index (χ3v) is 8.34. The van der Waals surface area contributed by atoms with Gasteiger partial charge in [-0.25, -0.2) is 0 Å². The van der Waals surface area contributed by atoms with E-state index in [-0.39, 0.29) is 17.6 Å². The first-order chi connectivity index (χ1) is 19.1. The number of hydrogen-bond donors (Lipinski definition) is 2. The van der Waals surface area contributed by atoms with Gasteiger partial charge in [0.2, 0.25) is 0 Å². The molecule has 39 heavy (non-hydrogen) atoms. The minimum Gasteiger partial charge on any atom is -0.508 e. The molecule has 0 bridgehead atoms. The Morgan fingerprint density at radius 3 is 2.41 bits per heavy atom. The summed E-state index contributed by atoms with van der Waals surface area (Å²) in [6.07, 6.45) is 6.14. The maximum atomic E-state index is 10.2. The van der Waals surface area contributed by atoms with E-state index < -0.39 is 0 Å². The van der Waals surface area contributed by atoms with Crippen molar-refractivity contribution in [3.63, 3.8) is 0 Å². The topological polar surface area (TPSA) is 74.5 Å². The highest BCUT2D eigenvalue weighted by Crippen LogP contribution is 2.46. The summed E-state index contributed by atoms with van der Waals surface area (Å²) in [6.45, 7) is 4.48. The normalized spacial score (nSPS) is 15.2. The van der Waals surface area contributed by atoms with Crippen molar-refractivity contribution >= 4 is 27.6 Å². The Balaban J connectivity index is 1.45. The highest BCUT2D eigenvalue weighted by molar-refractivity contribution is 7.22. The SMILES string of the molecule is CN=CCCOC(c1ccc(OCCN2CCCCC2)cc1)c1c(-c2ccc(O)cc2)sc2cc(O)ccc12. The van der Waals surface area contributed by atoms with E-state index in [2.05, 4.69) is 22.0 Å². The maximum Gasteiger partial charge on any atom is 0.119 e.